The van der Waals surface area contributed by atoms with Crippen molar-refractivity contribution >= 4 is 35.3 Å². The summed E-state index contributed by atoms with van der Waals surface area (Å²) < 4.78 is 13.0. The molecule has 0 saturated heterocycles. The number of methoxy groups -OCH3 is 1. The lowest BCUT2D eigenvalue weighted by molar-refractivity contribution is -0.671. The van der Waals surface area contributed by atoms with Gasteiger partial charge in [-0.25, -0.2) is 4.57 Å². The SMILES string of the molecule is COc1cc(/C=C/c2cc[n+](C)cc2)ccc1OCC(=O)Nc1ccccc1Cl.[I-]. The van der Waals surface area contributed by atoms with Gasteiger partial charge < -0.3 is 38.8 Å². The Labute approximate surface area is 198 Å². The number of para-hydroxylation sites is 1. The first-order chi connectivity index (χ1) is 14.0. The number of pyridine rings is 1. The number of amides is 1. The van der Waals surface area contributed by atoms with Gasteiger partial charge in [-0.2, -0.15) is 0 Å². The molecule has 3 aromatic rings. The van der Waals surface area contributed by atoms with E-state index in [0.717, 1.165) is 11.1 Å². The fourth-order valence-corrected chi connectivity index (χ4v) is 2.80. The second-order valence-electron chi connectivity index (χ2n) is 6.36. The third kappa shape index (κ3) is 6.74. The van der Waals surface area contributed by atoms with Crippen LogP contribution in [0, 0.1) is 0 Å². The van der Waals surface area contributed by atoms with Gasteiger partial charge in [0.25, 0.3) is 5.91 Å². The molecule has 0 radical (unpaired) electrons. The van der Waals surface area contributed by atoms with E-state index in [-0.39, 0.29) is 36.5 Å². The van der Waals surface area contributed by atoms with Gasteiger partial charge in [-0.15, -0.1) is 0 Å². The fourth-order valence-electron chi connectivity index (χ4n) is 2.62. The van der Waals surface area contributed by atoms with Crippen LogP contribution in [0.4, 0.5) is 5.69 Å². The van der Waals surface area contributed by atoms with E-state index in [1.165, 1.54) is 0 Å². The number of benzene rings is 2. The van der Waals surface area contributed by atoms with Crippen molar-refractivity contribution < 1.29 is 42.8 Å². The van der Waals surface area contributed by atoms with Gasteiger partial charge in [0.15, 0.2) is 30.5 Å². The first-order valence-corrected chi connectivity index (χ1v) is 9.41. The highest BCUT2D eigenvalue weighted by Gasteiger charge is 2.10. The minimum Gasteiger partial charge on any atom is -1.00 e. The Bertz CT molecular complexity index is 1020. The molecule has 0 spiro atoms. The van der Waals surface area contributed by atoms with E-state index in [2.05, 4.69) is 5.32 Å². The van der Waals surface area contributed by atoms with Crippen LogP contribution in [0.15, 0.2) is 67.0 Å². The van der Waals surface area contributed by atoms with Gasteiger partial charge in [0.2, 0.25) is 0 Å². The molecule has 0 saturated carbocycles. The maximum Gasteiger partial charge on any atom is 0.262 e. The van der Waals surface area contributed by atoms with Crippen molar-refractivity contribution in [3.8, 4) is 11.5 Å². The lowest BCUT2D eigenvalue weighted by Gasteiger charge is -2.12. The lowest BCUT2D eigenvalue weighted by atomic mass is 10.1. The maximum atomic E-state index is 12.1. The molecule has 1 heterocycles. The Morgan fingerprint density at radius 1 is 1.03 bits per heavy atom. The molecular weight excluding hydrogens is 515 g/mol. The summed E-state index contributed by atoms with van der Waals surface area (Å²) >= 11 is 6.05. The van der Waals surface area contributed by atoms with Crippen LogP contribution < -0.4 is 43.3 Å². The summed E-state index contributed by atoms with van der Waals surface area (Å²) in [6.45, 7) is -0.155. The number of carbonyl (C=O) groups excluding carboxylic acids is 1. The van der Waals surface area contributed by atoms with E-state index in [1.54, 1.807) is 37.4 Å². The van der Waals surface area contributed by atoms with E-state index in [0.29, 0.717) is 22.2 Å². The second-order valence-corrected chi connectivity index (χ2v) is 6.76. The van der Waals surface area contributed by atoms with Crippen molar-refractivity contribution in [3.63, 3.8) is 0 Å². The van der Waals surface area contributed by atoms with Gasteiger partial charge in [0, 0.05) is 12.1 Å². The number of ether oxygens (including phenoxy) is 2. The number of hydrogen-bond donors (Lipinski definition) is 1. The molecule has 5 nitrogen and oxygen atoms in total. The van der Waals surface area contributed by atoms with E-state index in [4.69, 9.17) is 21.1 Å². The maximum absolute atomic E-state index is 12.1. The number of aromatic nitrogens is 1. The van der Waals surface area contributed by atoms with Crippen LogP contribution in [0.2, 0.25) is 5.02 Å². The topological polar surface area (TPSA) is 51.4 Å². The molecule has 2 aromatic carbocycles. The molecule has 1 aromatic heterocycles. The quantitative estimate of drug-likeness (QED) is 0.367. The van der Waals surface area contributed by atoms with Gasteiger partial charge in [-0.05, 0) is 35.4 Å². The second kappa shape index (κ2) is 11.6. The molecule has 1 amide bonds. The molecule has 0 aliphatic carbocycles. The molecule has 0 bridgehead atoms. The highest BCUT2D eigenvalue weighted by molar-refractivity contribution is 6.33. The summed E-state index contributed by atoms with van der Waals surface area (Å²) in [7, 11) is 3.54. The van der Waals surface area contributed by atoms with E-state index >= 15 is 0 Å². The highest BCUT2D eigenvalue weighted by Crippen LogP contribution is 2.29. The molecule has 0 unspecified atom stereocenters. The average molecular weight is 537 g/mol. The van der Waals surface area contributed by atoms with Crippen LogP contribution in [0.1, 0.15) is 11.1 Å². The van der Waals surface area contributed by atoms with Gasteiger partial charge in [-0.1, -0.05) is 42.0 Å². The molecular formula is C23H22ClIN2O3. The molecule has 0 fully saturated rings. The van der Waals surface area contributed by atoms with Crippen LogP contribution in [0.25, 0.3) is 12.2 Å². The Morgan fingerprint density at radius 3 is 2.43 bits per heavy atom. The van der Waals surface area contributed by atoms with Crippen molar-refractivity contribution in [3.05, 3.63) is 83.1 Å². The molecule has 7 heteroatoms. The number of carbonyl (C=O) groups is 1. The zero-order valence-corrected chi connectivity index (χ0v) is 19.6. The molecule has 30 heavy (non-hydrogen) atoms. The molecule has 0 atom stereocenters. The van der Waals surface area contributed by atoms with Crippen LogP contribution in [-0.4, -0.2) is 19.6 Å². The average Bonchev–Trinajstić information content (AvgIpc) is 2.73. The summed E-state index contributed by atoms with van der Waals surface area (Å²) in [6, 6.07) is 16.7. The molecule has 156 valence electrons. The number of rotatable bonds is 7. The van der Waals surface area contributed by atoms with Crippen LogP contribution in [-0.2, 0) is 11.8 Å². The van der Waals surface area contributed by atoms with Crippen molar-refractivity contribution in [1.29, 1.82) is 0 Å². The fraction of sp³-hybridized carbons (Fsp3) is 0.130. The van der Waals surface area contributed by atoms with E-state index < -0.39 is 0 Å². The van der Waals surface area contributed by atoms with Crippen LogP contribution >= 0.6 is 11.6 Å². The Balaban J connectivity index is 0.00000320. The zero-order chi connectivity index (χ0) is 20.6. The number of halogens is 2. The van der Waals surface area contributed by atoms with Crippen molar-refractivity contribution in [2.24, 2.45) is 7.05 Å². The summed E-state index contributed by atoms with van der Waals surface area (Å²) in [5.41, 5.74) is 2.60. The predicted molar refractivity (Wildman–Crippen MR) is 115 cm³/mol. The monoisotopic (exact) mass is 536 g/mol. The summed E-state index contributed by atoms with van der Waals surface area (Å²) in [5.74, 6) is 0.740. The first-order valence-electron chi connectivity index (χ1n) is 9.04. The first kappa shape index (κ1) is 23.7. The minimum atomic E-state index is -0.304. The standard InChI is InChI=1S/C23H21ClN2O3.HI/c1-26-13-11-17(12-14-26)7-8-18-9-10-21(22(15-18)28-2)29-16-23(27)25-20-6-4-3-5-19(20)24;/h3-15H,16H2,1-2H3;1H/b8-7+;. The van der Waals surface area contributed by atoms with Crippen molar-refractivity contribution in [1.82, 2.24) is 0 Å². The molecule has 0 aliphatic rings. The largest absolute Gasteiger partial charge is 1.00 e. The van der Waals surface area contributed by atoms with E-state index in [1.807, 2.05) is 60.4 Å². The Morgan fingerprint density at radius 2 is 1.73 bits per heavy atom. The molecule has 0 aliphatic heterocycles. The normalized spacial score (nSPS) is 10.4. The van der Waals surface area contributed by atoms with Gasteiger partial charge in [-0.3, -0.25) is 4.79 Å². The summed E-state index contributed by atoms with van der Waals surface area (Å²) in [5, 5.41) is 3.20. The number of aryl methyl sites for hydroxylation is 1. The Hall–Kier alpha value is -2.58. The molecule has 3 rings (SSSR count). The molecule has 1 N–H and O–H groups in total. The van der Waals surface area contributed by atoms with Gasteiger partial charge in [0.05, 0.1) is 17.8 Å². The number of anilines is 1. The van der Waals surface area contributed by atoms with Gasteiger partial charge in [0.1, 0.15) is 7.05 Å². The number of hydrogen-bond acceptors (Lipinski definition) is 3. The number of nitrogens with one attached hydrogen (secondary N) is 1. The van der Waals surface area contributed by atoms with Gasteiger partial charge >= 0.3 is 0 Å². The van der Waals surface area contributed by atoms with Crippen LogP contribution in [0.5, 0.6) is 11.5 Å². The van der Waals surface area contributed by atoms with Crippen molar-refractivity contribution in [2.75, 3.05) is 19.0 Å². The van der Waals surface area contributed by atoms with Crippen molar-refractivity contribution in [2.45, 2.75) is 0 Å². The van der Waals surface area contributed by atoms with Crippen LogP contribution in [0.3, 0.4) is 0 Å². The third-order valence-corrected chi connectivity index (χ3v) is 4.50. The summed E-state index contributed by atoms with van der Waals surface area (Å²) in [4.78, 5) is 12.1. The smallest absolute Gasteiger partial charge is 0.262 e. The summed E-state index contributed by atoms with van der Waals surface area (Å²) in [6.07, 6.45) is 7.99. The Kier molecular flexibility index (Phi) is 9.14. The van der Waals surface area contributed by atoms with E-state index in [9.17, 15) is 4.79 Å². The lowest BCUT2D eigenvalue weighted by Crippen LogP contribution is -3.00. The number of nitrogens with zero attached hydrogens (tertiary/aromatic N) is 1. The third-order valence-electron chi connectivity index (χ3n) is 4.17. The predicted octanol–water partition coefficient (Wildman–Crippen LogP) is 1.36. The minimum absolute atomic E-state index is 0. The zero-order valence-electron chi connectivity index (χ0n) is 16.6. The highest BCUT2D eigenvalue weighted by atomic mass is 127.